The number of Topliss-reactive ketones (excluding diaryl/α,β-unsaturated/α-hetero) is 1. The minimum atomic E-state index is -1.05. The minimum Gasteiger partial charge on any atom is -0.480 e. The maximum atomic E-state index is 12.2. The molecule has 5 nitrogen and oxygen atoms in total. The van der Waals surface area contributed by atoms with E-state index in [-0.39, 0.29) is 23.5 Å². The third kappa shape index (κ3) is 2.70. The normalized spacial score (nSPS) is 17.8. The summed E-state index contributed by atoms with van der Waals surface area (Å²) < 4.78 is 0. The number of carbonyl (C=O) groups is 3. The van der Waals surface area contributed by atoms with Gasteiger partial charge in [-0.25, -0.2) is 0 Å². The van der Waals surface area contributed by atoms with Crippen molar-refractivity contribution in [2.75, 3.05) is 11.4 Å². The molecule has 1 atom stereocenters. The van der Waals surface area contributed by atoms with E-state index in [0.717, 1.165) is 4.90 Å². The fourth-order valence-corrected chi connectivity index (χ4v) is 3.30. The molecule has 1 aromatic rings. The number of carboxylic acids is 1. The smallest absolute Gasteiger partial charge is 0.323 e. The highest BCUT2D eigenvalue weighted by atomic mass is 32.2. The Labute approximate surface area is 121 Å². The quantitative estimate of drug-likeness (QED) is 0.861. The number of nitrogens with zero attached hydrogens (tertiary/aromatic N) is 1. The van der Waals surface area contributed by atoms with E-state index in [2.05, 4.69) is 0 Å². The number of rotatable bonds is 4. The minimum absolute atomic E-state index is 0.0527. The lowest BCUT2D eigenvalue weighted by Gasteiger charge is -2.32. The molecule has 6 heteroatoms. The summed E-state index contributed by atoms with van der Waals surface area (Å²) in [7, 11) is 0. The van der Waals surface area contributed by atoms with Gasteiger partial charge in [-0.05, 0) is 31.5 Å². The predicted octanol–water partition coefficient (Wildman–Crippen LogP) is 2.19. The second-order valence-electron chi connectivity index (χ2n) is 4.57. The first-order chi connectivity index (χ1) is 9.43. The molecule has 1 amide bonds. The van der Waals surface area contributed by atoms with E-state index in [4.69, 9.17) is 5.11 Å². The van der Waals surface area contributed by atoms with Crippen LogP contribution in [0.4, 0.5) is 5.69 Å². The van der Waals surface area contributed by atoms with E-state index in [9.17, 15) is 14.4 Å². The standard InChI is InChI=1S/C14H15NO4S/c1-3-11-14(19)15(7-13(17)18)10-5-4-9(8(2)16)6-12(10)20-11/h4-6,11H,3,7H2,1-2H3,(H,17,18). The number of carboxylic acid groups (broad SMARTS) is 1. The van der Waals surface area contributed by atoms with Crippen LogP contribution in [-0.4, -0.2) is 34.6 Å². The van der Waals surface area contributed by atoms with Crippen LogP contribution < -0.4 is 4.90 Å². The lowest BCUT2D eigenvalue weighted by Crippen LogP contribution is -2.43. The van der Waals surface area contributed by atoms with Gasteiger partial charge in [0, 0.05) is 10.5 Å². The second-order valence-corrected chi connectivity index (χ2v) is 5.82. The van der Waals surface area contributed by atoms with E-state index in [1.165, 1.54) is 23.6 Å². The third-order valence-corrected chi connectivity index (χ3v) is 4.53. The fraction of sp³-hybridized carbons (Fsp3) is 0.357. The Kier molecular flexibility index (Phi) is 4.13. The van der Waals surface area contributed by atoms with Crippen LogP contribution in [0.1, 0.15) is 30.6 Å². The summed E-state index contributed by atoms with van der Waals surface area (Å²) in [6.07, 6.45) is 0.614. The van der Waals surface area contributed by atoms with Gasteiger partial charge < -0.3 is 5.11 Å². The third-order valence-electron chi connectivity index (χ3n) is 3.13. The van der Waals surface area contributed by atoms with Crippen LogP contribution in [0.3, 0.4) is 0 Å². The van der Waals surface area contributed by atoms with Gasteiger partial charge in [-0.1, -0.05) is 6.92 Å². The van der Waals surface area contributed by atoms with Crippen molar-refractivity contribution >= 4 is 35.1 Å². The van der Waals surface area contributed by atoms with E-state index in [1.54, 1.807) is 18.2 Å². The Bertz CT molecular complexity index is 585. The van der Waals surface area contributed by atoms with Crippen molar-refractivity contribution in [3.63, 3.8) is 0 Å². The number of hydrogen-bond acceptors (Lipinski definition) is 4. The van der Waals surface area contributed by atoms with Crippen LogP contribution in [0, 0.1) is 0 Å². The Morgan fingerprint density at radius 1 is 1.40 bits per heavy atom. The molecule has 1 aliphatic rings. The average molecular weight is 293 g/mol. The number of hydrogen-bond donors (Lipinski definition) is 1. The SMILES string of the molecule is CCC1Sc2cc(C(C)=O)ccc2N(CC(=O)O)C1=O. The van der Waals surface area contributed by atoms with Gasteiger partial charge in [0.2, 0.25) is 5.91 Å². The number of benzene rings is 1. The summed E-state index contributed by atoms with van der Waals surface area (Å²) in [5.74, 6) is -1.30. The number of aliphatic carboxylic acids is 1. The second kappa shape index (κ2) is 5.66. The molecule has 0 spiro atoms. The molecule has 0 aliphatic carbocycles. The van der Waals surface area contributed by atoms with Gasteiger partial charge in [-0.15, -0.1) is 11.8 Å². The molecule has 0 radical (unpaired) electrons. The molecule has 0 saturated carbocycles. The topological polar surface area (TPSA) is 74.7 Å². The van der Waals surface area contributed by atoms with Gasteiger partial charge >= 0.3 is 5.97 Å². The van der Waals surface area contributed by atoms with Gasteiger partial charge in [0.05, 0.1) is 10.9 Å². The molecule has 106 valence electrons. The largest absolute Gasteiger partial charge is 0.480 e. The molecular weight excluding hydrogens is 278 g/mol. The van der Waals surface area contributed by atoms with Gasteiger partial charge in [0.1, 0.15) is 6.54 Å². The average Bonchev–Trinajstić information content (AvgIpc) is 2.40. The van der Waals surface area contributed by atoms with Crippen LogP contribution >= 0.6 is 11.8 Å². The summed E-state index contributed by atoms with van der Waals surface area (Å²) >= 11 is 1.39. The van der Waals surface area contributed by atoms with E-state index in [0.29, 0.717) is 17.7 Å². The summed E-state index contributed by atoms with van der Waals surface area (Å²) in [6.45, 7) is 3.00. The van der Waals surface area contributed by atoms with Crippen molar-refractivity contribution < 1.29 is 19.5 Å². The number of anilines is 1. The fourth-order valence-electron chi connectivity index (χ4n) is 2.10. The number of fused-ring (bicyclic) bond motifs is 1. The molecule has 2 rings (SSSR count). The van der Waals surface area contributed by atoms with Crippen molar-refractivity contribution in [2.45, 2.75) is 30.4 Å². The van der Waals surface area contributed by atoms with Crippen LogP contribution in [-0.2, 0) is 9.59 Å². The Hall–Kier alpha value is -1.82. The molecule has 20 heavy (non-hydrogen) atoms. The Morgan fingerprint density at radius 3 is 2.65 bits per heavy atom. The zero-order chi connectivity index (χ0) is 14.9. The maximum absolute atomic E-state index is 12.2. The highest BCUT2D eigenvalue weighted by molar-refractivity contribution is 8.01. The van der Waals surface area contributed by atoms with Crippen molar-refractivity contribution in [2.24, 2.45) is 0 Å². The molecule has 0 bridgehead atoms. The maximum Gasteiger partial charge on any atom is 0.323 e. The summed E-state index contributed by atoms with van der Waals surface area (Å²) in [4.78, 5) is 36.7. The summed E-state index contributed by atoms with van der Waals surface area (Å²) in [5, 5.41) is 8.65. The van der Waals surface area contributed by atoms with Gasteiger partial charge in [0.25, 0.3) is 0 Å². The van der Waals surface area contributed by atoms with Crippen LogP contribution in [0.5, 0.6) is 0 Å². The molecule has 1 unspecified atom stereocenters. The van der Waals surface area contributed by atoms with E-state index < -0.39 is 5.97 Å². The predicted molar refractivity (Wildman–Crippen MR) is 76.4 cm³/mol. The Morgan fingerprint density at radius 2 is 2.10 bits per heavy atom. The van der Waals surface area contributed by atoms with Crippen LogP contribution in [0.2, 0.25) is 0 Å². The molecular formula is C14H15NO4S. The number of carbonyl (C=O) groups excluding carboxylic acids is 2. The summed E-state index contributed by atoms with van der Waals surface area (Å²) in [6, 6.07) is 4.99. The lowest BCUT2D eigenvalue weighted by molar-refractivity contribution is -0.136. The van der Waals surface area contributed by atoms with Gasteiger partial charge in [-0.3, -0.25) is 19.3 Å². The highest BCUT2D eigenvalue weighted by Crippen LogP contribution is 2.40. The molecule has 0 saturated heterocycles. The van der Waals surface area contributed by atoms with E-state index in [1.807, 2.05) is 6.92 Å². The molecule has 1 N–H and O–H groups in total. The molecule has 1 heterocycles. The van der Waals surface area contributed by atoms with Crippen molar-refractivity contribution in [1.82, 2.24) is 0 Å². The van der Waals surface area contributed by atoms with Crippen LogP contribution in [0.25, 0.3) is 0 Å². The molecule has 1 aromatic carbocycles. The first-order valence-corrected chi connectivity index (χ1v) is 7.16. The lowest BCUT2D eigenvalue weighted by atomic mass is 10.1. The zero-order valence-electron chi connectivity index (χ0n) is 11.3. The first kappa shape index (κ1) is 14.6. The monoisotopic (exact) mass is 293 g/mol. The number of thioether (sulfide) groups is 1. The summed E-state index contributed by atoms with van der Waals surface area (Å²) in [5.41, 5.74) is 1.13. The highest BCUT2D eigenvalue weighted by Gasteiger charge is 2.33. The molecule has 0 aromatic heterocycles. The van der Waals surface area contributed by atoms with E-state index >= 15 is 0 Å². The zero-order valence-corrected chi connectivity index (χ0v) is 12.1. The van der Waals surface area contributed by atoms with Crippen molar-refractivity contribution in [3.8, 4) is 0 Å². The van der Waals surface area contributed by atoms with Crippen molar-refractivity contribution in [3.05, 3.63) is 23.8 Å². The van der Waals surface area contributed by atoms with Crippen LogP contribution in [0.15, 0.2) is 23.1 Å². The number of ketones is 1. The molecule has 1 aliphatic heterocycles. The van der Waals surface area contributed by atoms with Gasteiger partial charge in [0.15, 0.2) is 5.78 Å². The molecule has 0 fully saturated rings. The Balaban J connectivity index is 2.47. The first-order valence-electron chi connectivity index (χ1n) is 6.28. The van der Waals surface area contributed by atoms with Gasteiger partial charge in [-0.2, -0.15) is 0 Å². The van der Waals surface area contributed by atoms with Crippen molar-refractivity contribution in [1.29, 1.82) is 0 Å². The number of amides is 1.